The van der Waals surface area contributed by atoms with E-state index in [1.165, 1.54) is 24.1 Å². The first-order chi connectivity index (χ1) is 21.8. The molecule has 0 aliphatic rings. The Labute approximate surface area is 266 Å². The molecule has 0 saturated carbocycles. The third-order valence-corrected chi connectivity index (χ3v) is 9.44. The summed E-state index contributed by atoms with van der Waals surface area (Å²) < 4.78 is 34.9. The van der Waals surface area contributed by atoms with Gasteiger partial charge in [-0.15, -0.1) is 0 Å². The Balaban J connectivity index is 1.82. The van der Waals surface area contributed by atoms with Crippen LogP contribution in [0.3, 0.4) is 0 Å². The summed E-state index contributed by atoms with van der Waals surface area (Å²) in [6.07, 6.45) is 1.96. The number of carbonyl (C=O) groups excluding carboxylic acids is 2. The van der Waals surface area contributed by atoms with Crippen molar-refractivity contribution in [1.29, 1.82) is 0 Å². The molecular formula is C36H41N3O5S. The first kappa shape index (κ1) is 33.3. The van der Waals surface area contributed by atoms with Crippen molar-refractivity contribution in [3.63, 3.8) is 0 Å². The van der Waals surface area contributed by atoms with E-state index in [0.29, 0.717) is 12.3 Å². The largest absolute Gasteiger partial charge is 0.495 e. The number of rotatable bonds is 15. The Morgan fingerprint density at radius 2 is 1.47 bits per heavy atom. The Kier molecular flexibility index (Phi) is 11.8. The van der Waals surface area contributed by atoms with Gasteiger partial charge in [0, 0.05) is 19.5 Å². The fourth-order valence-corrected chi connectivity index (χ4v) is 6.55. The maximum atomic E-state index is 14.6. The third kappa shape index (κ3) is 8.51. The van der Waals surface area contributed by atoms with Gasteiger partial charge in [0.05, 0.1) is 17.7 Å². The van der Waals surface area contributed by atoms with E-state index in [-0.39, 0.29) is 29.5 Å². The van der Waals surface area contributed by atoms with E-state index in [2.05, 4.69) is 5.32 Å². The molecule has 1 unspecified atom stereocenters. The van der Waals surface area contributed by atoms with Crippen LogP contribution in [0.1, 0.15) is 36.5 Å². The molecule has 0 radical (unpaired) electrons. The number of aryl methyl sites for hydroxylation is 1. The minimum absolute atomic E-state index is 0.0345. The molecule has 1 atom stereocenters. The summed E-state index contributed by atoms with van der Waals surface area (Å²) >= 11 is 0. The van der Waals surface area contributed by atoms with Crippen LogP contribution in [0.15, 0.2) is 114 Å². The van der Waals surface area contributed by atoms with Gasteiger partial charge in [0.15, 0.2) is 0 Å². The van der Waals surface area contributed by atoms with Crippen LogP contribution in [0.5, 0.6) is 5.75 Å². The molecule has 0 bridgehead atoms. The molecule has 9 heteroatoms. The van der Waals surface area contributed by atoms with E-state index in [9.17, 15) is 18.0 Å². The fraction of sp³-hybridized carbons (Fsp3) is 0.278. The van der Waals surface area contributed by atoms with E-state index < -0.39 is 28.5 Å². The number of nitrogens with one attached hydrogen (secondary N) is 1. The Morgan fingerprint density at radius 1 is 0.844 bits per heavy atom. The van der Waals surface area contributed by atoms with Gasteiger partial charge in [0.2, 0.25) is 11.8 Å². The zero-order valence-electron chi connectivity index (χ0n) is 26.1. The highest BCUT2D eigenvalue weighted by atomic mass is 32.2. The molecule has 0 fully saturated rings. The molecule has 0 saturated heterocycles. The normalized spacial score (nSPS) is 11.8. The molecule has 0 spiro atoms. The summed E-state index contributed by atoms with van der Waals surface area (Å²) in [5, 5.41) is 3.01. The smallest absolute Gasteiger partial charge is 0.264 e. The zero-order chi connectivity index (χ0) is 32.2. The molecular weight excluding hydrogens is 586 g/mol. The molecule has 0 heterocycles. The summed E-state index contributed by atoms with van der Waals surface area (Å²) in [4.78, 5) is 30.0. The lowest BCUT2D eigenvalue weighted by Crippen LogP contribution is -2.53. The summed E-state index contributed by atoms with van der Waals surface area (Å²) in [5.74, 6) is -0.507. The highest BCUT2D eigenvalue weighted by Gasteiger charge is 2.35. The summed E-state index contributed by atoms with van der Waals surface area (Å²) in [6.45, 7) is 4.04. The molecule has 1 N–H and O–H groups in total. The van der Waals surface area contributed by atoms with Gasteiger partial charge in [0.1, 0.15) is 18.3 Å². The van der Waals surface area contributed by atoms with E-state index in [4.69, 9.17) is 4.74 Å². The van der Waals surface area contributed by atoms with Gasteiger partial charge in [-0.3, -0.25) is 13.9 Å². The van der Waals surface area contributed by atoms with Gasteiger partial charge in [-0.05, 0) is 54.3 Å². The average Bonchev–Trinajstić information content (AvgIpc) is 3.06. The van der Waals surface area contributed by atoms with Gasteiger partial charge < -0.3 is 15.0 Å². The minimum atomic E-state index is -4.21. The highest BCUT2D eigenvalue weighted by molar-refractivity contribution is 7.92. The van der Waals surface area contributed by atoms with E-state index in [0.717, 1.165) is 33.8 Å². The SMILES string of the molecule is CCCCNC(=O)C(Cc1ccccc1)N(Cc1ccccc1C)C(=O)CN(c1ccccc1OC)S(=O)(=O)c1ccccc1. The van der Waals surface area contributed by atoms with Crippen LogP contribution >= 0.6 is 0 Å². The Hall–Kier alpha value is -4.63. The molecule has 4 aromatic carbocycles. The number of benzene rings is 4. The first-order valence-electron chi connectivity index (χ1n) is 15.1. The molecule has 0 aliphatic carbocycles. The van der Waals surface area contributed by atoms with E-state index in [1.807, 2.05) is 68.4 Å². The average molecular weight is 628 g/mol. The number of carbonyl (C=O) groups is 2. The lowest BCUT2D eigenvalue weighted by Gasteiger charge is -2.34. The predicted molar refractivity (Wildman–Crippen MR) is 178 cm³/mol. The van der Waals surface area contributed by atoms with Crippen molar-refractivity contribution in [3.05, 3.63) is 126 Å². The molecule has 0 aromatic heterocycles. The molecule has 4 rings (SSSR count). The summed E-state index contributed by atoms with van der Waals surface area (Å²) in [6, 6.07) is 31.0. The molecule has 8 nitrogen and oxygen atoms in total. The number of amides is 2. The quantitative estimate of drug-likeness (QED) is 0.169. The van der Waals surface area contributed by atoms with Gasteiger partial charge in [-0.2, -0.15) is 0 Å². The van der Waals surface area contributed by atoms with Crippen molar-refractivity contribution in [1.82, 2.24) is 10.2 Å². The maximum absolute atomic E-state index is 14.6. The summed E-state index contributed by atoms with van der Waals surface area (Å²) in [7, 11) is -2.76. The number of unbranched alkanes of at least 4 members (excludes halogenated alkanes) is 1. The number of methoxy groups -OCH3 is 1. The van der Waals surface area contributed by atoms with Crippen molar-refractivity contribution in [2.45, 2.75) is 50.6 Å². The molecule has 0 aliphatic heterocycles. The Morgan fingerprint density at radius 3 is 2.13 bits per heavy atom. The number of nitrogens with zero attached hydrogens (tertiary/aromatic N) is 2. The zero-order valence-corrected chi connectivity index (χ0v) is 26.9. The number of sulfonamides is 1. The lowest BCUT2D eigenvalue weighted by atomic mass is 10.0. The van der Waals surface area contributed by atoms with Gasteiger partial charge in [-0.25, -0.2) is 8.42 Å². The number of hydrogen-bond acceptors (Lipinski definition) is 5. The van der Waals surface area contributed by atoms with Crippen molar-refractivity contribution < 1.29 is 22.7 Å². The van der Waals surface area contributed by atoms with Gasteiger partial charge in [0.25, 0.3) is 10.0 Å². The fourth-order valence-electron chi connectivity index (χ4n) is 5.10. The summed E-state index contributed by atoms with van der Waals surface area (Å²) in [5.41, 5.74) is 2.92. The van der Waals surface area contributed by atoms with Crippen molar-refractivity contribution >= 4 is 27.5 Å². The second-order valence-electron chi connectivity index (χ2n) is 10.8. The van der Waals surface area contributed by atoms with Crippen LogP contribution in [-0.2, 0) is 32.6 Å². The van der Waals surface area contributed by atoms with Crippen LogP contribution in [-0.4, -0.2) is 51.4 Å². The molecule has 45 heavy (non-hydrogen) atoms. The second kappa shape index (κ2) is 15.9. The minimum Gasteiger partial charge on any atom is -0.495 e. The predicted octanol–water partition coefficient (Wildman–Crippen LogP) is 5.76. The number of anilines is 1. The maximum Gasteiger partial charge on any atom is 0.264 e. The van der Waals surface area contributed by atoms with Gasteiger partial charge in [-0.1, -0.05) is 98.3 Å². The Bertz CT molecular complexity index is 1660. The molecule has 4 aromatic rings. The third-order valence-electron chi connectivity index (χ3n) is 7.67. The van der Waals surface area contributed by atoms with Crippen LogP contribution < -0.4 is 14.4 Å². The number of ether oxygens (including phenoxy) is 1. The van der Waals surface area contributed by atoms with Gasteiger partial charge >= 0.3 is 0 Å². The van der Waals surface area contributed by atoms with Crippen molar-refractivity contribution in [2.75, 3.05) is 24.5 Å². The van der Waals surface area contributed by atoms with E-state index in [1.54, 1.807) is 42.5 Å². The molecule has 2 amide bonds. The number of hydrogen-bond donors (Lipinski definition) is 1. The van der Waals surface area contributed by atoms with Crippen LogP contribution in [0, 0.1) is 6.92 Å². The second-order valence-corrected chi connectivity index (χ2v) is 12.7. The topological polar surface area (TPSA) is 96.0 Å². The van der Waals surface area contributed by atoms with Crippen LogP contribution in [0.25, 0.3) is 0 Å². The monoisotopic (exact) mass is 627 g/mol. The van der Waals surface area contributed by atoms with Crippen molar-refractivity contribution in [2.24, 2.45) is 0 Å². The standard InChI is InChI=1S/C36H41N3O5S/c1-4-5-24-37-36(41)33(25-29-17-8-6-9-18-29)38(26-30-19-13-12-16-28(30)2)35(40)27-39(32-22-14-15-23-34(32)44-3)45(42,43)31-20-10-7-11-21-31/h6-23,33H,4-5,24-27H2,1-3H3,(H,37,41). The lowest BCUT2D eigenvalue weighted by molar-refractivity contribution is -0.140. The number of para-hydroxylation sites is 2. The highest BCUT2D eigenvalue weighted by Crippen LogP contribution is 2.32. The van der Waals surface area contributed by atoms with Crippen molar-refractivity contribution in [3.8, 4) is 5.75 Å². The first-order valence-corrected chi connectivity index (χ1v) is 16.6. The molecule has 236 valence electrons. The van der Waals surface area contributed by atoms with Crippen LogP contribution in [0.4, 0.5) is 5.69 Å². The van der Waals surface area contributed by atoms with E-state index >= 15 is 0 Å². The van der Waals surface area contributed by atoms with Crippen LogP contribution in [0.2, 0.25) is 0 Å².